The fraction of sp³-hybridized carbons (Fsp3) is 0.227. The number of aryl methyl sites for hydroxylation is 2. The number of nitrogens with zero attached hydrogens (tertiary/aromatic N) is 1. The Labute approximate surface area is 168 Å². The molecule has 1 atom stereocenters. The molecule has 0 saturated heterocycles. The van der Waals surface area contributed by atoms with Gasteiger partial charge in [-0.05, 0) is 31.4 Å². The molecule has 0 fully saturated rings. The smallest absolute Gasteiger partial charge is 0.252 e. The quantitative estimate of drug-likeness (QED) is 0.480. The van der Waals surface area contributed by atoms with Gasteiger partial charge in [-0.25, -0.2) is 4.98 Å². The number of amides is 1. The standard InChI is InChI=1S/C22H23N3O2S/c1-4-16-12-8-9-14(2)20(16)25-21(27)15(3)28-22-23-18(13-19(26)24-22)17-10-6-5-7-11-17/h5-13,15H,4H2,1-3H3,(H,25,27)(H,23,24,26)/t15-/m1/s1. The number of thioether (sulfide) groups is 1. The van der Waals surface area contributed by atoms with Gasteiger partial charge in [0, 0.05) is 17.3 Å². The zero-order chi connectivity index (χ0) is 20.1. The van der Waals surface area contributed by atoms with Gasteiger partial charge < -0.3 is 10.3 Å². The number of hydrogen-bond donors (Lipinski definition) is 2. The molecule has 0 aliphatic rings. The van der Waals surface area contributed by atoms with Crippen molar-refractivity contribution in [1.82, 2.24) is 9.97 Å². The predicted molar refractivity (Wildman–Crippen MR) is 115 cm³/mol. The molecule has 0 spiro atoms. The van der Waals surface area contributed by atoms with Crippen molar-refractivity contribution in [3.63, 3.8) is 0 Å². The summed E-state index contributed by atoms with van der Waals surface area (Å²) in [5, 5.41) is 3.04. The van der Waals surface area contributed by atoms with Crippen LogP contribution < -0.4 is 10.9 Å². The van der Waals surface area contributed by atoms with Crippen LogP contribution in [0.4, 0.5) is 5.69 Å². The van der Waals surface area contributed by atoms with Crippen LogP contribution in [0, 0.1) is 6.92 Å². The van der Waals surface area contributed by atoms with Crippen LogP contribution in [-0.4, -0.2) is 21.1 Å². The Balaban J connectivity index is 1.78. The summed E-state index contributed by atoms with van der Waals surface area (Å²) in [5.41, 5.74) is 4.20. The molecule has 28 heavy (non-hydrogen) atoms. The maximum Gasteiger partial charge on any atom is 0.252 e. The van der Waals surface area contributed by atoms with Crippen LogP contribution in [0.1, 0.15) is 25.0 Å². The van der Waals surface area contributed by atoms with Crippen LogP contribution in [0.3, 0.4) is 0 Å². The highest BCUT2D eigenvalue weighted by Crippen LogP contribution is 2.25. The van der Waals surface area contributed by atoms with Crippen LogP contribution in [0.2, 0.25) is 0 Å². The van der Waals surface area contributed by atoms with Crippen molar-refractivity contribution in [2.24, 2.45) is 0 Å². The molecule has 0 unspecified atom stereocenters. The van der Waals surface area contributed by atoms with E-state index in [0.717, 1.165) is 28.8 Å². The molecule has 3 rings (SSSR count). The molecule has 6 heteroatoms. The largest absolute Gasteiger partial charge is 0.325 e. The molecule has 0 radical (unpaired) electrons. The molecule has 2 N–H and O–H groups in total. The lowest BCUT2D eigenvalue weighted by Crippen LogP contribution is -2.24. The fourth-order valence-corrected chi connectivity index (χ4v) is 3.71. The Kier molecular flexibility index (Phi) is 6.31. The third-order valence-corrected chi connectivity index (χ3v) is 5.42. The third kappa shape index (κ3) is 4.70. The molecule has 5 nitrogen and oxygen atoms in total. The van der Waals surface area contributed by atoms with Gasteiger partial charge in [-0.3, -0.25) is 9.59 Å². The fourth-order valence-electron chi connectivity index (χ4n) is 2.90. The van der Waals surface area contributed by atoms with Gasteiger partial charge >= 0.3 is 0 Å². The number of rotatable bonds is 6. The number of benzene rings is 2. The Hall–Kier alpha value is -2.86. The molecule has 0 saturated carbocycles. The van der Waals surface area contributed by atoms with Crippen molar-refractivity contribution in [2.75, 3.05) is 5.32 Å². The molecular weight excluding hydrogens is 370 g/mol. The van der Waals surface area contributed by atoms with Crippen LogP contribution in [0.15, 0.2) is 64.5 Å². The number of para-hydroxylation sites is 1. The number of aromatic nitrogens is 2. The van der Waals surface area contributed by atoms with Crippen LogP contribution in [-0.2, 0) is 11.2 Å². The number of carbonyl (C=O) groups excluding carboxylic acids is 1. The Morgan fingerprint density at radius 3 is 2.64 bits per heavy atom. The van der Waals surface area contributed by atoms with E-state index < -0.39 is 5.25 Å². The lowest BCUT2D eigenvalue weighted by molar-refractivity contribution is -0.115. The molecule has 2 aromatic carbocycles. The highest BCUT2D eigenvalue weighted by molar-refractivity contribution is 8.00. The van der Waals surface area contributed by atoms with E-state index in [2.05, 4.69) is 22.2 Å². The second kappa shape index (κ2) is 8.89. The molecule has 1 amide bonds. The van der Waals surface area contributed by atoms with E-state index in [0.29, 0.717) is 10.9 Å². The molecule has 0 aliphatic carbocycles. The summed E-state index contributed by atoms with van der Waals surface area (Å²) < 4.78 is 0. The first-order valence-corrected chi connectivity index (χ1v) is 10.1. The molecule has 3 aromatic rings. The van der Waals surface area contributed by atoms with E-state index in [-0.39, 0.29) is 11.5 Å². The van der Waals surface area contributed by atoms with E-state index in [1.807, 2.05) is 55.5 Å². The van der Waals surface area contributed by atoms with E-state index in [9.17, 15) is 9.59 Å². The number of aromatic amines is 1. The number of hydrogen-bond acceptors (Lipinski definition) is 4. The summed E-state index contributed by atoms with van der Waals surface area (Å²) in [6.45, 7) is 5.85. The van der Waals surface area contributed by atoms with Crippen LogP contribution >= 0.6 is 11.8 Å². The first kappa shape index (κ1) is 19.9. The van der Waals surface area contributed by atoms with Crippen molar-refractivity contribution < 1.29 is 4.79 Å². The zero-order valence-corrected chi connectivity index (χ0v) is 17.0. The summed E-state index contributed by atoms with van der Waals surface area (Å²) in [6, 6.07) is 17.0. The van der Waals surface area contributed by atoms with Gasteiger partial charge in [-0.15, -0.1) is 0 Å². The van der Waals surface area contributed by atoms with Gasteiger partial charge in [-0.1, -0.05) is 67.2 Å². The highest BCUT2D eigenvalue weighted by Gasteiger charge is 2.18. The predicted octanol–water partition coefficient (Wildman–Crippen LogP) is 4.43. The van der Waals surface area contributed by atoms with Gasteiger partial charge in [0.25, 0.3) is 5.56 Å². The molecule has 1 aromatic heterocycles. The van der Waals surface area contributed by atoms with E-state index in [1.165, 1.54) is 17.8 Å². The summed E-state index contributed by atoms with van der Waals surface area (Å²) in [4.78, 5) is 32.0. The van der Waals surface area contributed by atoms with Crippen molar-refractivity contribution >= 4 is 23.4 Å². The average molecular weight is 394 g/mol. The van der Waals surface area contributed by atoms with Crippen molar-refractivity contribution in [1.29, 1.82) is 0 Å². The minimum Gasteiger partial charge on any atom is -0.325 e. The second-order valence-corrected chi connectivity index (χ2v) is 7.84. The maximum atomic E-state index is 12.7. The molecular formula is C22H23N3O2S. The summed E-state index contributed by atoms with van der Waals surface area (Å²) in [6.07, 6.45) is 0.840. The highest BCUT2D eigenvalue weighted by atomic mass is 32.2. The lowest BCUT2D eigenvalue weighted by Gasteiger charge is -2.16. The van der Waals surface area contributed by atoms with E-state index >= 15 is 0 Å². The second-order valence-electron chi connectivity index (χ2n) is 6.51. The number of carbonyl (C=O) groups is 1. The first-order valence-electron chi connectivity index (χ1n) is 9.20. The Bertz CT molecular complexity index is 1030. The normalized spacial score (nSPS) is 11.8. The number of anilines is 1. The maximum absolute atomic E-state index is 12.7. The minimum atomic E-state index is -0.418. The van der Waals surface area contributed by atoms with Crippen molar-refractivity contribution in [2.45, 2.75) is 37.6 Å². The Morgan fingerprint density at radius 2 is 1.93 bits per heavy atom. The summed E-state index contributed by atoms with van der Waals surface area (Å²) in [7, 11) is 0. The van der Waals surface area contributed by atoms with Crippen LogP contribution in [0.25, 0.3) is 11.3 Å². The van der Waals surface area contributed by atoms with Gasteiger partial charge in [0.2, 0.25) is 5.91 Å². The molecule has 1 heterocycles. The minimum absolute atomic E-state index is 0.123. The average Bonchev–Trinajstić information content (AvgIpc) is 2.69. The topological polar surface area (TPSA) is 74.8 Å². The van der Waals surface area contributed by atoms with Gasteiger partial charge in [0.05, 0.1) is 10.9 Å². The Morgan fingerprint density at radius 1 is 1.18 bits per heavy atom. The van der Waals surface area contributed by atoms with Gasteiger partial charge in [-0.2, -0.15) is 0 Å². The third-order valence-electron chi connectivity index (χ3n) is 4.44. The molecule has 0 bridgehead atoms. The summed E-state index contributed by atoms with van der Waals surface area (Å²) in [5.74, 6) is -0.123. The molecule has 0 aliphatic heterocycles. The van der Waals surface area contributed by atoms with Crippen LogP contribution in [0.5, 0.6) is 0 Å². The SMILES string of the molecule is CCc1cccc(C)c1NC(=O)[C@@H](C)Sc1nc(-c2ccccc2)cc(=O)[nH]1. The van der Waals surface area contributed by atoms with Gasteiger partial charge in [0.15, 0.2) is 5.16 Å². The number of nitrogens with one attached hydrogen (secondary N) is 2. The number of H-pyrrole nitrogens is 1. The van der Waals surface area contributed by atoms with Crippen molar-refractivity contribution in [3.8, 4) is 11.3 Å². The van der Waals surface area contributed by atoms with Gasteiger partial charge in [0.1, 0.15) is 0 Å². The monoisotopic (exact) mass is 393 g/mol. The van der Waals surface area contributed by atoms with Crippen molar-refractivity contribution in [3.05, 3.63) is 76.1 Å². The van der Waals surface area contributed by atoms with E-state index in [4.69, 9.17) is 0 Å². The lowest BCUT2D eigenvalue weighted by atomic mass is 10.1. The molecule has 144 valence electrons. The summed E-state index contributed by atoms with van der Waals surface area (Å²) >= 11 is 1.23. The first-order chi connectivity index (χ1) is 13.5. The zero-order valence-electron chi connectivity index (χ0n) is 16.2. The van der Waals surface area contributed by atoms with E-state index in [1.54, 1.807) is 6.92 Å².